The first-order valence-corrected chi connectivity index (χ1v) is 9.07. The minimum absolute atomic E-state index is 0.00218. The van der Waals surface area contributed by atoms with Gasteiger partial charge in [0.05, 0.1) is 0 Å². The van der Waals surface area contributed by atoms with Crippen LogP contribution in [0.4, 0.5) is 5.69 Å². The summed E-state index contributed by atoms with van der Waals surface area (Å²) in [5, 5.41) is 0. The molecule has 1 aliphatic heterocycles. The molecule has 0 radical (unpaired) electrons. The molecule has 1 aromatic carbocycles. The molecule has 0 saturated carbocycles. The van der Waals surface area contributed by atoms with E-state index in [1.807, 2.05) is 24.0 Å². The van der Waals surface area contributed by atoms with E-state index in [4.69, 9.17) is 0 Å². The Hall–Kier alpha value is -1.84. The van der Waals surface area contributed by atoms with E-state index in [0.29, 0.717) is 18.9 Å². The lowest BCUT2D eigenvalue weighted by molar-refractivity contribution is -0.131. The predicted octanol–water partition coefficient (Wildman–Crippen LogP) is 3.87. The van der Waals surface area contributed by atoms with Crippen molar-refractivity contribution < 1.29 is 9.59 Å². The third-order valence-electron chi connectivity index (χ3n) is 4.80. The lowest BCUT2D eigenvalue weighted by Crippen LogP contribution is -2.39. The monoisotopic (exact) mass is 330 g/mol. The molecule has 0 aliphatic carbocycles. The Morgan fingerprint density at radius 3 is 2.42 bits per heavy atom. The van der Waals surface area contributed by atoms with E-state index < -0.39 is 0 Å². The van der Waals surface area contributed by atoms with Crippen molar-refractivity contribution in [2.24, 2.45) is 0 Å². The molecule has 2 rings (SSSR count). The Balaban J connectivity index is 2.16. The van der Waals surface area contributed by atoms with Crippen LogP contribution in [-0.2, 0) is 9.59 Å². The lowest BCUT2D eigenvalue weighted by Gasteiger charge is -2.30. The maximum atomic E-state index is 12.4. The highest BCUT2D eigenvalue weighted by Crippen LogP contribution is 2.31. The fraction of sp³-hybridized carbons (Fsp3) is 0.600. The zero-order chi connectivity index (χ0) is 17.7. The fourth-order valence-electron chi connectivity index (χ4n) is 3.45. The van der Waals surface area contributed by atoms with Crippen LogP contribution in [0.1, 0.15) is 63.5 Å². The summed E-state index contributed by atoms with van der Waals surface area (Å²) in [5.41, 5.74) is 3.23. The minimum Gasteiger partial charge on any atom is -0.343 e. The summed E-state index contributed by atoms with van der Waals surface area (Å²) < 4.78 is 0. The Morgan fingerprint density at radius 1 is 1.17 bits per heavy atom. The minimum atomic E-state index is -0.00218. The first-order valence-electron chi connectivity index (χ1n) is 9.07. The number of aryl methyl sites for hydroxylation is 1. The average molecular weight is 330 g/mol. The van der Waals surface area contributed by atoms with Gasteiger partial charge in [0, 0.05) is 38.7 Å². The molecule has 0 spiro atoms. The van der Waals surface area contributed by atoms with Crippen LogP contribution in [0, 0.1) is 6.92 Å². The van der Waals surface area contributed by atoms with E-state index in [2.05, 4.69) is 19.9 Å². The van der Waals surface area contributed by atoms with E-state index in [1.165, 1.54) is 6.42 Å². The zero-order valence-corrected chi connectivity index (χ0v) is 15.5. The van der Waals surface area contributed by atoms with Crippen molar-refractivity contribution in [3.05, 3.63) is 29.3 Å². The molecule has 0 N–H and O–H groups in total. The van der Waals surface area contributed by atoms with E-state index in [0.717, 1.165) is 42.7 Å². The van der Waals surface area contributed by atoms with Crippen molar-refractivity contribution >= 4 is 17.5 Å². The number of rotatable bonds is 5. The molecular weight excluding hydrogens is 300 g/mol. The van der Waals surface area contributed by atoms with Gasteiger partial charge in [-0.15, -0.1) is 0 Å². The topological polar surface area (TPSA) is 40.6 Å². The van der Waals surface area contributed by atoms with Gasteiger partial charge in [0.1, 0.15) is 0 Å². The van der Waals surface area contributed by atoms with Crippen molar-refractivity contribution in [2.75, 3.05) is 24.5 Å². The Morgan fingerprint density at radius 2 is 1.83 bits per heavy atom. The van der Waals surface area contributed by atoms with E-state index in [-0.39, 0.29) is 11.8 Å². The number of carbonyl (C=O) groups excluding carboxylic acids is 2. The molecule has 1 aromatic rings. The van der Waals surface area contributed by atoms with Gasteiger partial charge in [0.15, 0.2) is 0 Å². The van der Waals surface area contributed by atoms with E-state index in [1.54, 1.807) is 11.8 Å². The second kappa shape index (κ2) is 8.32. The molecule has 4 heteroatoms. The van der Waals surface area contributed by atoms with Gasteiger partial charge in [-0.2, -0.15) is 0 Å². The summed E-state index contributed by atoms with van der Waals surface area (Å²) in [4.78, 5) is 28.4. The number of anilines is 1. The molecular formula is C20H30N2O2. The number of amides is 2. The Kier molecular flexibility index (Phi) is 6.41. The number of hydrogen-bond acceptors (Lipinski definition) is 2. The Labute approximate surface area is 145 Å². The summed E-state index contributed by atoms with van der Waals surface area (Å²) in [7, 11) is 0. The normalized spacial score (nSPS) is 14.8. The number of para-hydroxylation sites is 1. The summed E-state index contributed by atoms with van der Waals surface area (Å²) in [6.45, 7) is 10.1. The molecule has 24 heavy (non-hydrogen) atoms. The zero-order valence-electron chi connectivity index (χ0n) is 15.5. The largest absolute Gasteiger partial charge is 0.343 e. The van der Waals surface area contributed by atoms with Crippen LogP contribution in [0.15, 0.2) is 18.2 Å². The molecule has 132 valence electrons. The smallest absolute Gasteiger partial charge is 0.224 e. The second-order valence-corrected chi connectivity index (χ2v) is 7.03. The third-order valence-corrected chi connectivity index (χ3v) is 4.80. The fourth-order valence-corrected chi connectivity index (χ4v) is 3.45. The SMILES string of the molecule is CC(=O)N(CCC(=O)N1CCCCC1)c1c(C)cccc1C(C)C. The van der Waals surface area contributed by atoms with Crippen LogP contribution in [0.5, 0.6) is 0 Å². The van der Waals surface area contributed by atoms with Crippen molar-refractivity contribution in [3.8, 4) is 0 Å². The van der Waals surface area contributed by atoms with Gasteiger partial charge in [0.2, 0.25) is 11.8 Å². The molecule has 1 saturated heterocycles. The van der Waals surface area contributed by atoms with Gasteiger partial charge in [-0.3, -0.25) is 9.59 Å². The van der Waals surface area contributed by atoms with Crippen molar-refractivity contribution in [3.63, 3.8) is 0 Å². The highest BCUT2D eigenvalue weighted by molar-refractivity contribution is 5.94. The first kappa shape index (κ1) is 18.5. The number of piperidine rings is 1. The molecule has 2 amide bonds. The van der Waals surface area contributed by atoms with Gasteiger partial charge in [-0.05, 0) is 43.2 Å². The first-order chi connectivity index (χ1) is 11.4. The van der Waals surface area contributed by atoms with Crippen LogP contribution < -0.4 is 4.90 Å². The van der Waals surface area contributed by atoms with Crippen LogP contribution in [0.2, 0.25) is 0 Å². The average Bonchev–Trinajstić information content (AvgIpc) is 2.56. The molecule has 1 aliphatic rings. The van der Waals surface area contributed by atoms with E-state index in [9.17, 15) is 9.59 Å². The van der Waals surface area contributed by atoms with Gasteiger partial charge in [-0.1, -0.05) is 32.0 Å². The van der Waals surface area contributed by atoms with Gasteiger partial charge in [0.25, 0.3) is 0 Å². The second-order valence-electron chi connectivity index (χ2n) is 7.03. The summed E-state index contributed by atoms with van der Waals surface area (Å²) >= 11 is 0. The van der Waals surface area contributed by atoms with Crippen LogP contribution >= 0.6 is 0 Å². The van der Waals surface area contributed by atoms with Gasteiger partial charge >= 0.3 is 0 Å². The summed E-state index contributed by atoms with van der Waals surface area (Å²) in [6.07, 6.45) is 3.80. The molecule has 0 atom stereocenters. The predicted molar refractivity (Wildman–Crippen MR) is 98.3 cm³/mol. The summed E-state index contributed by atoms with van der Waals surface area (Å²) in [5.74, 6) is 0.498. The molecule has 0 bridgehead atoms. The maximum Gasteiger partial charge on any atom is 0.224 e. The van der Waals surface area contributed by atoms with Crippen LogP contribution in [0.25, 0.3) is 0 Å². The summed E-state index contributed by atoms with van der Waals surface area (Å²) in [6, 6.07) is 6.14. The highest BCUT2D eigenvalue weighted by atomic mass is 16.2. The van der Waals surface area contributed by atoms with Gasteiger partial charge < -0.3 is 9.80 Å². The van der Waals surface area contributed by atoms with E-state index >= 15 is 0 Å². The molecule has 1 fully saturated rings. The van der Waals surface area contributed by atoms with Crippen LogP contribution in [0.3, 0.4) is 0 Å². The third kappa shape index (κ3) is 4.37. The number of benzene rings is 1. The molecule has 4 nitrogen and oxygen atoms in total. The Bertz CT molecular complexity index is 589. The molecule has 0 aromatic heterocycles. The highest BCUT2D eigenvalue weighted by Gasteiger charge is 2.22. The molecule has 0 unspecified atom stereocenters. The van der Waals surface area contributed by atoms with Crippen LogP contribution in [-0.4, -0.2) is 36.3 Å². The lowest BCUT2D eigenvalue weighted by atomic mass is 9.97. The van der Waals surface area contributed by atoms with Gasteiger partial charge in [-0.25, -0.2) is 0 Å². The standard InChI is InChI=1S/C20H30N2O2/c1-15(2)18-10-8-9-16(3)20(18)22(17(4)23)14-11-19(24)21-12-6-5-7-13-21/h8-10,15H,5-7,11-14H2,1-4H3. The quantitative estimate of drug-likeness (QED) is 0.822. The van der Waals surface area contributed by atoms with Crippen molar-refractivity contribution in [1.29, 1.82) is 0 Å². The number of nitrogens with zero attached hydrogens (tertiary/aromatic N) is 2. The van der Waals surface area contributed by atoms with Crippen molar-refractivity contribution in [1.82, 2.24) is 4.90 Å². The number of likely N-dealkylation sites (tertiary alicyclic amines) is 1. The number of hydrogen-bond donors (Lipinski definition) is 0. The maximum absolute atomic E-state index is 12.4. The van der Waals surface area contributed by atoms with Crippen molar-refractivity contribution in [2.45, 2.75) is 59.3 Å². The number of carbonyl (C=O) groups is 2. The molecule has 1 heterocycles.